The Hall–Kier alpha value is -1.59. The number of benzene rings is 1. The average Bonchev–Trinajstić information content (AvgIpc) is 2.48. The van der Waals surface area contributed by atoms with Crippen LogP contribution in [0.2, 0.25) is 0 Å². The molecule has 112 valence electrons. The SMILES string of the molecule is CNc1ccc(C(=O)N(CCOC)C(C)COC)cc1. The minimum atomic E-state index is -0.00532. The lowest BCUT2D eigenvalue weighted by Gasteiger charge is -2.28. The van der Waals surface area contributed by atoms with Crippen LogP contribution in [0.1, 0.15) is 17.3 Å². The first-order chi connectivity index (χ1) is 9.63. The van der Waals surface area contributed by atoms with Gasteiger partial charge in [-0.15, -0.1) is 0 Å². The van der Waals surface area contributed by atoms with E-state index in [2.05, 4.69) is 5.32 Å². The zero-order valence-corrected chi connectivity index (χ0v) is 12.7. The summed E-state index contributed by atoms with van der Waals surface area (Å²) in [5, 5.41) is 3.03. The van der Waals surface area contributed by atoms with Gasteiger partial charge in [0.05, 0.1) is 19.3 Å². The van der Waals surface area contributed by atoms with Crippen LogP contribution in [0.5, 0.6) is 0 Å². The molecule has 0 aliphatic carbocycles. The Balaban J connectivity index is 2.84. The smallest absolute Gasteiger partial charge is 0.254 e. The Morgan fingerprint density at radius 3 is 2.40 bits per heavy atom. The van der Waals surface area contributed by atoms with Crippen LogP contribution in [0.15, 0.2) is 24.3 Å². The molecule has 1 amide bonds. The molecular weight excluding hydrogens is 256 g/mol. The van der Waals surface area contributed by atoms with Crippen LogP contribution in [-0.4, -0.2) is 57.9 Å². The molecule has 1 rings (SSSR count). The average molecular weight is 280 g/mol. The Morgan fingerprint density at radius 1 is 1.25 bits per heavy atom. The third-order valence-corrected chi connectivity index (χ3v) is 3.16. The van der Waals surface area contributed by atoms with E-state index in [4.69, 9.17) is 9.47 Å². The number of carbonyl (C=O) groups excluding carboxylic acids is 1. The highest BCUT2D eigenvalue weighted by atomic mass is 16.5. The van der Waals surface area contributed by atoms with Crippen LogP contribution < -0.4 is 5.32 Å². The van der Waals surface area contributed by atoms with E-state index in [-0.39, 0.29) is 11.9 Å². The number of anilines is 1. The summed E-state index contributed by atoms with van der Waals surface area (Å²) in [4.78, 5) is 14.3. The molecule has 0 bridgehead atoms. The van der Waals surface area contributed by atoms with E-state index in [0.717, 1.165) is 5.69 Å². The molecule has 0 saturated heterocycles. The zero-order valence-electron chi connectivity index (χ0n) is 12.7. The van der Waals surface area contributed by atoms with Gasteiger partial charge >= 0.3 is 0 Å². The van der Waals surface area contributed by atoms with Gasteiger partial charge < -0.3 is 19.7 Å². The monoisotopic (exact) mass is 280 g/mol. The molecule has 0 aromatic heterocycles. The quantitative estimate of drug-likeness (QED) is 0.789. The number of carbonyl (C=O) groups is 1. The number of methoxy groups -OCH3 is 2. The van der Waals surface area contributed by atoms with Gasteiger partial charge in [-0.05, 0) is 31.2 Å². The van der Waals surface area contributed by atoms with Crippen molar-refractivity contribution in [2.45, 2.75) is 13.0 Å². The fourth-order valence-electron chi connectivity index (χ4n) is 1.99. The predicted octanol–water partition coefficient (Wildman–Crippen LogP) is 1.85. The van der Waals surface area contributed by atoms with Crippen LogP contribution in [0.4, 0.5) is 5.69 Å². The van der Waals surface area contributed by atoms with E-state index in [1.165, 1.54) is 0 Å². The number of hydrogen-bond donors (Lipinski definition) is 1. The van der Waals surface area contributed by atoms with Crippen molar-refractivity contribution in [2.24, 2.45) is 0 Å². The van der Waals surface area contributed by atoms with Crippen LogP contribution >= 0.6 is 0 Å². The highest BCUT2D eigenvalue weighted by Gasteiger charge is 2.21. The van der Waals surface area contributed by atoms with Gasteiger partial charge in [-0.25, -0.2) is 0 Å². The molecule has 1 aromatic rings. The van der Waals surface area contributed by atoms with Gasteiger partial charge in [0.15, 0.2) is 0 Å². The summed E-state index contributed by atoms with van der Waals surface area (Å²) in [7, 11) is 5.12. The van der Waals surface area contributed by atoms with Gasteiger partial charge in [-0.3, -0.25) is 4.79 Å². The maximum Gasteiger partial charge on any atom is 0.254 e. The summed E-state index contributed by atoms with van der Waals surface area (Å²) < 4.78 is 10.2. The normalized spacial score (nSPS) is 12.0. The number of nitrogens with zero attached hydrogens (tertiary/aromatic N) is 1. The second-order valence-corrected chi connectivity index (χ2v) is 4.62. The maximum absolute atomic E-state index is 12.6. The molecule has 0 aliphatic heterocycles. The molecule has 0 spiro atoms. The number of hydrogen-bond acceptors (Lipinski definition) is 4. The second-order valence-electron chi connectivity index (χ2n) is 4.62. The van der Waals surface area contributed by atoms with E-state index in [1.54, 1.807) is 19.1 Å². The first-order valence-corrected chi connectivity index (χ1v) is 6.70. The van der Waals surface area contributed by atoms with Gasteiger partial charge in [-0.2, -0.15) is 0 Å². The third kappa shape index (κ3) is 4.51. The Labute approximate surface area is 120 Å². The van der Waals surface area contributed by atoms with Gasteiger partial charge in [0.2, 0.25) is 0 Å². The van der Waals surface area contributed by atoms with Crippen molar-refractivity contribution in [3.63, 3.8) is 0 Å². The standard InChI is InChI=1S/C15H24N2O3/c1-12(11-20-4)17(9-10-19-3)15(18)13-5-7-14(16-2)8-6-13/h5-8,12,16H,9-11H2,1-4H3. The molecule has 1 N–H and O–H groups in total. The molecule has 1 unspecified atom stereocenters. The fraction of sp³-hybridized carbons (Fsp3) is 0.533. The van der Waals surface area contributed by atoms with Crippen LogP contribution in [0.3, 0.4) is 0 Å². The minimum absolute atomic E-state index is 0.00532. The lowest BCUT2D eigenvalue weighted by Crippen LogP contribution is -2.43. The molecule has 0 saturated carbocycles. The molecule has 1 aromatic carbocycles. The summed E-state index contributed by atoms with van der Waals surface area (Å²) in [6.07, 6.45) is 0. The second kappa shape index (κ2) is 8.55. The van der Waals surface area contributed by atoms with Crippen molar-refractivity contribution in [3.8, 4) is 0 Å². The number of nitrogens with one attached hydrogen (secondary N) is 1. The summed E-state index contributed by atoms with van der Waals surface area (Å²) in [6.45, 7) is 3.53. The number of ether oxygens (including phenoxy) is 2. The molecule has 5 nitrogen and oxygen atoms in total. The topological polar surface area (TPSA) is 50.8 Å². The third-order valence-electron chi connectivity index (χ3n) is 3.16. The molecule has 20 heavy (non-hydrogen) atoms. The molecule has 1 atom stereocenters. The lowest BCUT2D eigenvalue weighted by molar-refractivity contribution is 0.0479. The zero-order chi connectivity index (χ0) is 15.0. The predicted molar refractivity (Wildman–Crippen MR) is 80.2 cm³/mol. The fourth-order valence-corrected chi connectivity index (χ4v) is 1.99. The van der Waals surface area contributed by atoms with Crippen molar-refractivity contribution in [2.75, 3.05) is 46.3 Å². The summed E-state index contributed by atoms with van der Waals surface area (Å²) in [5.74, 6) is -0.00532. The molecule has 0 aliphatic rings. The van der Waals surface area contributed by atoms with E-state index >= 15 is 0 Å². The van der Waals surface area contributed by atoms with E-state index in [9.17, 15) is 4.79 Å². The highest BCUT2D eigenvalue weighted by molar-refractivity contribution is 5.94. The van der Waals surface area contributed by atoms with Crippen molar-refractivity contribution < 1.29 is 14.3 Å². The van der Waals surface area contributed by atoms with E-state index in [1.807, 2.05) is 38.2 Å². The first-order valence-electron chi connectivity index (χ1n) is 6.70. The van der Waals surface area contributed by atoms with Crippen molar-refractivity contribution in [1.29, 1.82) is 0 Å². The Bertz CT molecular complexity index is 406. The molecule has 5 heteroatoms. The number of rotatable bonds is 8. The lowest BCUT2D eigenvalue weighted by atomic mass is 10.1. The van der Waals surface area contributed by atoms with Crippen molar-refractivity contribution in [1.82, 2.24) is 4.90 Å². The van der Waals surface area contributed by atoms with Crippen LogP contribution in [0, 0.1) is 0 Å². The van der Waals surface area contributed by atoms with Gasteiger partial charge in [0.25, 0.3) is 5.91 Å². The van der Waals surface area contributed by atoms with Crippen molar-refractivity contribution >= 4 is 11.6 Å². The minimum Gasteiger partial charge on any atom is -0.388 e. The maximum atomic E-state index is 12.6. The van der Waals surface area contributed by atoms with Crippen LogP contribution in [-0.2, 0) is 9.47 Å². The Morgan fingerprint density at radius 2 is 1.90 bits per heavy atom. The van der Waals surface area contributed by atoms with Crippen molar-refractivity contribution in [3.05, 3.63) is 29.8 Å². The summed E-state index contributed by atoms with van der Waals surface area (Å²) >= 11 is 0. The highest BCUT2D eigenvalue weighted by Crippen LogP contribution is 2.13. The summed E-state index contributed by atoms with van der Waals surface area (Å²) in [5.41, 5.74) is 1.65. The Kier molecular flexibility index (Phi) is 7.04. The number of amides is 1. The van der Waals surface area contributed by atoms with Gasteiger partial charge in [0, 0.05) is 39.1 Å². The van der Waals surface area contributed by atoms with Gasteiger partial charge in [-0.1, -0.05) is 0 Å². The molecule has 0 radical (unpaired) electrons. The van der Waals surface area contributed by atoms with E-state index < -0.39 is 0 Å². The van der Waals surface area contributed by atoms with E-state index in [0.29, 0.717) is 25.3 Å². The molecule has 0 fully saturated rings. The molecule has 0 heterocycles. The summed E-state index contributed by atoms with van der Waals surface area (Å²) in [6, 6.07) is 7.44. The van der Waals surface area contributed by atoms with Crippen LogP contribution in [0.25, 0.3) is 0 Å². The van der Waals surface area contributed by atoms with Gasteiger partial charge in [0.1, 0.15) is 0 Å². The largest absolute Gasteiger partial charge is 0.388 e. The molecular formula is C15H24N2O3. The first kappa shape index (κ1) is 16.5.